The van der Waals surface area contributed by atoms with Crippen molar-refractivity contribution in [3.63, 3.8) is 0 Å². The van der Waals surface area contributed by atoms with E-state index < -0.39 is 18.0 Å². The van der Waals surface area contributed by atoms with Gasteiger partial charge >= 0.3 is 6.03 Å². The number of nitrogens with two attached hydrogens (primary N) is 3. The van der Waals surface area contributed by atoms with Crippen LogP contribution in [0.3, 0.4) is 0 Å². The fourth-order valence-corrected chi connectivity index (χ4v) is 2.11. The SMILES string of the molecule is CC(N)CCC(N)CC(=O)N(C)C1CN=C(NC(N)=O)NC1=O.Cl.Cl. The van der Waals surface area contributed by atoms with Gasteiger partial charge in [0.05, 0.1) is 6.54 Å². The molecule has 0 radical (unpaired) electrons. The van der Waals surface area contributed by atoms with Crippen molar-refractivity contribution in [1.82, 2.24) is 15.5 Å². The number of likely N-dealkylation sites (N-methyl/N-ethyl adjacent to an activating group) is 1. The first kappa shape index (κ1) is 25.6. The Bertz CT molecular complexity index is 502. The largest absolute Gasteiger partial charge is 0.351 e. The number of hydrogen-bond acceptors (Lipinski definition) is 6. The third-order valence-electron chi connectivity index (χ3n) is 3.50. The minimum Gasteiger partial charge on any atom is -0.351 e. The Morgan fingerprint density at radius 1 is 1.36 bits per heavy atom. The van der Waals surface area contributed by atoms with E-state index in [0.29, 0.717) is 6.42 Å². The van der Waals surface area contributed by atoms with Crippen LogP contribution in [-0.2, 0) is 9.59 Å². The minimum absolute atomic E-state index is 0. The van der Waals surface area contributed by atoms with Gasteiger partial charge in [0.2, 0.25) is 11.9 Å². The van der Waals surface area contributed by atoms with Gasteiger partial charge in [-0.05, 0) is 19.8 Å². The number of amides is 4. The molecule has 0 aromatic carbocycles. The minimum atomic E-state index is -0.827. The van der Waals surface area contributed by atoms with E-state index in [1.54, 1.807) is 0 Å². The third-order valence-corrected chi connectivity index (χ3v) is 3.50. The first-order valence-corrected chi connectivity index (χ1v) is 7.39. The number of nitrogens with zero attached hydrogens (tertiary/aromatic N) is 2. The molecule has 1 aliphatic heterocycles. The predicted molar refractivity (Wildman–Crippen MR) is 99.7 cm³/mol. The van der Waals surface area contributed by atoms with Crippen LogP contribution in [0.5, 0.6) is 0 Å². The zero-order valence-electron chi connectivity index (χ0n) is 14.2. The van der Waals surface area contributed by atoms with Gasteiger partial charge in [0.15, 0.2) is 0 Å². The molecule has 0 saturated carbocycles. The van der Waals surface area contributed by atoms with Crippen molar-refractivity contribution in [3.05, 3.63) is 0 Å². The van der Waals surface area contributed by atoms with Crippen molar-refractivity contribution in [2.75, 3.05) is 13.6 Å². The Morgan fingerprint density at radius 2 is 1.96 bits per heavy atom. The van der Waals surface area contributed by atoms with Gasteiger partial charge in [-0.25, -0.2) is 9.79 Å². The number of halogens is 2. The molecule has 146 valence electrons. The molecule has 0 spiro atoms. The van der Waals surface area contributed by atoms with Gasteiger partial charge in [0.25, 0.3) is 5.91 Å². The maximum Gasteiger partial charge on any atom is 0.318 e. The summed E-state index contributed by atoms with van der Waals surface area (Å²) in [6.45, 7) is 1.92. The van der Waals surface area contributed by atoms with Crippen LogP contribution in [0, 0.1) is 0 Å². The van der Waals surface area contributed by atoms with E-state index in [0.717, 1.165) is 6.42 Å². The normalized spacial score (nSPS) is 18.5. The number of aliphatic imine (C=N–C) groups is 1. The molecule has 12 heteroatoms. The van der Waals surface area contributed by atoms with Crippen LogP contribution in [0.15, 0.2) is 4.99 Å². The lowest BCUT2D eigenvalue weighted by atomic mass is 10.0. The summed E-state index contributed by atoms with van der Waals surface area (Å²) in [6.07, 6.45) is 1.50. The fraction of sp³-hybridized carbons (Fsp3) is 0.692. The van der Waals surface area contributed by atoms with Gasteiger partial charge in [-0.2, -0.15) is 0 Å². The van der Waals surface area contributed by atoms with Crippen molar-refractivity contribution in [3.8, 4) is 0 Å². The first-order chi connectivity index (χ1) is 10.7. The number of primary amides is 1. The lowest BCUT2D eigenvalue weighted by Gasteiger charge is -2.30. The zero-order valence-corrected chi connectivity index (χ0v) is 15.9. The number of nitrogens with one attached hydrogen (secondary N) is 2. The number of hydrogen-bond donors (Lipinski definition) is 5. The van der Waals surface area contributed by atoms with Crippen LogP contribution < -0.4 is 27.8 Å². The standard InChI is InChI=1S/C13H25N7O3.2ClH/c1-7(14)3-4-8(15)5-10(21)20(2)9-6-17-13(18-11(9)22)19-12(16)23;;/h7-9H,3-6,14-15H2,1-2H3,(H4,16,17,18,19,22,23);2*1H. The first-order valence-electron chi connectivity index (χ1n) is 7.39. The smallest absolute Gasteiger partial charge is 0.318 e. The molecular weight excluding hydrogens is 373 g/mol. The summed E-state index contributed by atoms with van der Waals surface area (Å²) in [5, 5.41) is 4.57. The highest BCUT2D eigenvalue weighted by molar-refractivity contribution is 6.07. The summed E-state index contributed by atoms with van der Waals surface area (Å²) < 4.78 is 0. The molecule has 0 aromatic heterocycles. The van der Waals surface area contributed by atoms with Gasteiger partial charge < -0.3 is 22.1 Å². The van der Waals surface area contributed by atoms with Crippen molar-refractivity contribution in [2.24, 2.45) is 22.2 Å². The molecule has 0 saturated heterocycles. The van der Waals surface area contributed by atoms with E-state index in [-0.39, 0.29) is 61.7 Å². The number of carbonyl (C=O) groups excluding carboxylic acids is 3. The highest BCUT2D eigenvalue weighted by Gasteiger charge is 2.31. The summed E-state index contributed by atoms with van der Waals surface area (Å²) in [7, 11) is 1.52. The molecule has 0 aliphatic carbocycles. The molecule has 3 unspecified atom stereocenters. The molecule has 10 nitrogen and oxygen atoms in total. The summed E-state index contributed by atoms with van der Waals surface area (Å²) in [6, 6.07) is -1.85. The van der Waals surface area contributed by atoms with Crippen LogP contribution in [0.1, 0.15) is 26.2 Å². The van der Waals surface area contributed by atoms with E-state index >= 15 is 0 Å². The summed E-state index contributed by atoms with van der Waals surface area (Å²) in [5.41, 5.74) is 16.5. The second kappa shape index (κ2) is 11.9. The van der Waals surface area contributed by atoms with Gasteiger partial charge in [0, 0.05) is 25.6 Å². The molecule has 25 heavy (non-hydrogen) atoms. The zero-order chi connectivity index (χ0) is 17.6. The Balaban J connectivity index is 0. The van der Waals surface area contributed by atoms with Crippen LogP contribution in [0.25, 0.3) is 0 Å². The second-order valence-electron chi connectivity index (χ2n) is 5.71. The molecule has 4 amide bonds. The Morgan fingerprint density at radius 3 is 2.44 bits per heavy atom. The topological polar surface area (TPSA) is 169 Å². The molecule has 1 rings (SSSR count). The van der Waals surface area contributed by atoms with E-state index in [1.807, 2.05) is 6.92 Å². The molecule has 0 aromatic rings. The quantitative estimate of drug-likeness (QED) is 0.371. The maximum atomic E-state index is 12.2. The van der Waals surface area contributed by atoms with E-state index in [2.05, 4.69) is 15.6 Å². The van der Waals surface area contributed by atoms with Gasteiger partial charge in [0.1, 0.15) is 6.04 Å². The van der Waals surface area contributed by atoms with Crippen LogP contribution in [0.4, 0.5) is 4.79 Å². The lowest BCUT2D eigenvalue weighted by Crippen LogP contribution is -2.58. The monoisotopic (exact) mass is 399 g/mol. The predicted octanol–water partition coefficient (Wildman–Crippen LogP) is -1.34. The average molecular weight is 400 g/mol. The highest BCUT2D eigenvalue weighted by atomic mass is 35.5. The molecule has 3 atom stereocenters. The van der Waals surface area contributed by atoms with E-state index in [1.165, 1.54) is 11.9 Å². The number of carbonyl (C=O) groups is 3. The molecular formula is C13H27Cl2N7O3. The summed E-state index contributed by atoms with van der Waals surface area (Å²) in [4.78, 5) is 40.2. The van der Waals surface area contributed by atoms with E-state index in [4.69, 9.17) is 17.2 Å². The van der Waals surface area contributed by atoms with Crippen LogP contribution in [-0.4, -0.2) is 60.4 Å². The number of guanidine groups is 1. The van der Waals surface area contributed by atoms with Crippen molar-refractivity contribution in [2.45, 2.75) is 44.3 Å². The second-order valence-corrected chi connectivity index (χ2v) is 5.71. The molecule has 1 heterocycles. The number of urea groups is 1. The van der Waals surface area contributed by atoms with Crippen LogP contribution >= 0.6 is 24.8 Å². The summed E-state index contributed by atoms with van der Waals surface area (Å²) in [5.74, 6) is -0.708. The van der Waals surface area contributed by atoms with Gasteiger partial charge in [-0.15, -0.1) is 24.8 Å². The molecule has 0 bridgehead atoms. The van der Waals surface area contributed by atoms with Crippen molar-refractivity contribution in [1.29, 1.82) is 0 Å². The van der Waals surface area contributed by atoms with Crippen molar-refractivity contribution >= 4 is 48.6 Å². The number of rotatable bonds is 6. The lowest BCUT2D eigenvalue weighted by molar-refractivity contribution is -0.138. The van der Waals surface area contributed by atoms with Gasteiger partial charge in [-0.3, -0.25) is 20.2 Å². The molecule has 8 N–H and O–H groups in total. The summed E-state index contributed by atoms with van der Waals surface area (Å²) >= 11 is 0. The van der Waals surface area contributed by atoms with Gasteiger partial charge in [-0.1, -0.05) is 0 Å². The Kier molecular flexibility index (Phi) is 12.1. The average Bonchev–Trinajstić information content (AvgIpc) is 2.43. The third kappa shape index (κ3) is 8.87. The van der Waals surface area contributed by atoms with E-state index in [9.17, 15) is 14.4 Å². The Hall–Kier alpha value is -1.62. The fourth-order valence-electron chi connectivity index (χ4n) is 2.11. The van der Waals surface area contributed by atoms with Crippen LogP contribution in [0.2, 0.25) is 0 Å². The molecule has 1 aliphatic rings. The maximum absolute atomic E-state index is 12.2. The highest BCUT2D eigenvalue weighted by Crippen LogP contribution is 2.08. The Labute approximate surface area is 159 Å². The van der Waals surface area contributed by atoms with Crippen molar-refractivity contribution < 1.29 is 14.4 Å². The molecule has 0 fully saturated rings.